The normalized spacial score (nSPS) is 36.3. The largest absolute Gasteiger partial charge is 0.372 e. The SMILES string of the molecule is C[C@@H]1CN(C(=O)CC2CCC(CN)CC2)C[C@H](C)O1. The number of nitrogens with two attached hydrogens (primary N) is 1. The summed E-state index contributed by atoms with van der Waals surface area (Å²) in [6, 6.07) is 0. The summed E-state index contributed by atoms with van der Waals surface area (Å²) in [6.45, 7) is 6.40. The molecule has 1 aliphatic carbocycles. The fraction of sp³-hybridized carbons (Fsp3) is 0.933. The van der Waals surface area contributed by atoms with Crippen molar-refractivity contribution in [1.29, 1.82) is 0 Å². The fourth-order valence-corrected chi connectivity index (χ4v) is 3.43. The van der Waals surface area contributed by atoms with E-state index in [0.717, 1.165) is 26.1 Å². The Balaban J connectivity index is 1.78. The van der Waals surface area contributed by atoms with E-state index in [4.69, 9.17) is 10.5 Å². The maximum Gasteiger partial charge on any atom is 0.223 e. The number of carbonyl (C=O) groups is 1. The summed E-state index contributed by atoms with van der Waals surface area (Å²) in [4.78, 5) is 14.3. The van der Waals surface area contributed by atoms with Gasteiger partial charge in [-0.2, -0.15) is 0 Å². The Bertz CT molecular complexity index is 291. The highest BCUT2D eigenvalue weighted by molar-refractivity contribution is 5.76. The van der Waals surface area contributed by atoms with Crippen LogP contribution in [0.2, 0.25) is 0 Å². The van der Waals surface area contributed by atoms with Gasteiger partial charge >= 0.3 is 0 Å². The lowest BCUT2D eigenvalue weighted by atomic mass is 9.80. The maximum atomic E-state index is 12.4. The topological polar surface area (TPSA) is 55.6 Å². The van der Waals surface area contributed by atoms with Gasteiger partial charge in [-0.15, -0.1) is 0 Å². The first-order chi connectivity index (χ1) is 9.08. The van der Waals surface area contributed by atoms with Gasteiger partial charge in [0.05, 0.1) is 12.2 Å². The first-order valence-corrected chi connectivity index (χ1v) is 7.71. The van der Waals surface area contributed by atoms with E-state index in [9.17, 15) is 4.79 Å². The molecule has 0 spiro atoms. The van der Waals surface area contributed by atoms with E-state index < -0.39 is 0 Å². The van der Waals surface area contributed by atoms with Crippen LogP contribution in [0, 0.1) is 11.8 Å². The molecule has 2 aliphatic rings. The van der Waals surface area contributed by atoms with E-state index in [1.54, 1.807) is 0 Å². The molecule has 4 nitrogen and oxygen atoms in total. The van der Waals surface area contributed by atoms with Crippen LogP contribution in [0.1, 0.15) is 46.0 Å². The summed E-state index contributed by atoms with van der Waals surface area (Å²) in [5.41, 5.74) is 5.71. The van der Waals surface area contributed by atoms with Gasteiger partial charge in [0, 0.05) is 19.5 Å². The highest BCUT2D eigenvalue weighted by Crippen LogP contribution is 2.30. The minimum atomic E-state index is 0.167. The Hall–Kier alpha value is -0.610. The molecule has 0 radical (unpaired) electrons. The maximum absolute atomic E-state index is 12.4. The minimum absolute atomic E-state index is 0.167. The van der Waals surface area contributed by atoms with Crippen LogP contribution in [-0.2, 0) is 9.53 Å². The van der Waals surface area contributed by atoms with Gasteiger partial charge in [0.2, 0.25) is 5.91 Å². The van der Waals surface area contributed by atoms with Gasteiger partial charge in [-0.1, -0.05) is 0 Å². The van der Waals surface area contributed by atoms with Crippen molar-refractivity contribution < 1.29 is 9.53 Å². The minimum Gasteiger partial charge on any atom is -0.372 e. The van der Waals surface area contributed by atoms with E-state index in [-0.39, 0.29) is 12.2 Å². The molecule has 1 saturated heterocycles. The molecule has 2 N–H and O–H groups in total. The predicted molar refractivity (Wildman–Crippen MR) is 75.7 cm³/mol. The Morgan fingerprint density at radius 3 is 2.16 bits per heavy atom. The molecule has 1 amide bonds. The molecule has 2 fully saturated rings. The molecule has 4 heteroatoms. The molecule has 0 bridgehead atoms. The van der Waals surface area contributed by atoms with Gasteiger partial charge in [-0.05, 0) is 57.9 Å². The second kappa shape index (κ2) is 6.71. The molecule has 110 valence electrons. The molecule has 0 aromatic rings. The van der Waals surface area contributed by atoms with E-state index in [0.29, 0.717) is 17.7 Å². The molecule has 1 saturated carbocycles. The van der Waals surface area contributed by atoms with Crippen molar-refractivity contribution in [3.8, 4) is 0 Å². The second-order valence-electron chi connectivity index (χ2n) is 6.38. The van der Waals surface area contributed by atoms with E-state index in [2.05, 4.69) is 0 Å². The number of nitrogens with zero attached hydrogens (tertiary/aromatic N) is 1. The Morgan fingerprint density at radius 2 is 1.63 bits per heavy atom. The van der Waals surface area contributed by atoms with E-state index in [1.807, 2.05) is 18.7 Å². The average molecular weight is 268 g/mol. The van der Waals surface area contributed by atoms with Gasteiger partial charge in [-0.3, -0.25) is 4.79 Å². The number of hydrogen-bond acceptors (Lipinski definition) is 3. The Kier molecular flexibility index (Phi) is 5.22. The van der Waals surface area contributed by atoms with Crippen molar-refractivity contribution in [2.75, 3.05) is 19.6 Å². The molecule has 0 aromatic heterocycles. The second-order valence-corrected chi connectivity index (χ2v) is 6.38. The van der Waals surface area contributed by atoms with Gasteiger partial charge in [0.1, 0.15) is 0 Å². The zero-order valence-electron chi connectivity index (χ0n) is 12.3. The molecule has 1 aliphatic heterocycles. The third kappa shape index (κ3) is 4.18. The summed E-state index contributed by atoms with van der Waals surface area (Å²) in [6.07, 6.45) is 5.79. The summed E-state index contributed by atoms with van der Waals surface area (Å²) in [7, 11) is 0. The highest BCUT2D eigenvalue weighted by atomic mass is 16.5. The fourth-order valence-electron chi connectivity index (χ4n) is 3.43. The van der Waals surface area contributed by atoms with Crippen molar-refractivity contribution in [3.05, 3.63) is 0 Å². The zero-order valence-corrected chi connectivity index (χ0v) is 12.3. The third-order valence-corrected chi connectivity index (χ3v) is 4.54. The van der Waals surface area contributed by atoms with Crippen LogP contribution < -0.4 is 5.73 Å². The summed E-state index contributed by atoms with van der Waals surface area (Å²) in [5.74, 6) is 1.58. The number of rotatable bonds is 3. The quantitative estimate of drug-likeness (QED) is 0.849. The molecule has 19 heavy (non-hydrogen) atoms. The van der Waals surface area contributed by atoms with Gasteiger partial charge in [-0.25, -0.2) is 0 Å². The highest BCUT2D eigenvalue weighted by Gasteiger charge is 2.28. The number of carbonyl (C=O) groups excluding carboxylic acids is 1. The number of amides is 1. The van der Waals surface area contributed by atoms with Crippen LogP contribution in [0.15, 0.2) is 0 Å². The molecule has 0 aromatic carbocycles. The molecule has 0 unspecified atom stereocenters. The van der Waals surface area contributed by atoms with E-state index >= 15 is 0 Å². The lowest BCUT2D eigenvalue weighted by Gasteiger charge is -2.36. The van der Waals surface area contributed by atoms with Gasteiger partial charge < -0.3 is 15.4 Å². The predicted octanol–water partition coefficient (Wildman–Crippen LogP) is 1.78. The van der Waals surface area contributed by atoms with Crippen LogP contribution in [0.3, 0.4) is 0 Å². The van der Waals surface area contributed by atoms with Gasteiger partial charge in [0.25, 0.3) is 0 Å². The number of hydrogen-bond donors (Lipinski definition) is 1. The smallest absolute Gasteiger partial charge is 0.223 e. The average Bonchev–Trinajstić information content (AvgIpc) is 2.38. The zero-order chi connectivity index (χ0) is 13.8. The van der Waals surface area contributed by atoms with Crippen molar-refractivity contribution in [2.24, 2.45) is 17.6 Å². The van der Waals surface area contributed by atoms with Crippen molar-refractivity contribution in [3.63, 3.8) is 0 Å². The molecule has 1 heterocycles. The van der Waals surface area contributed by atoms with Crippen molar-refractivity contribution in [2.45, 2.75) is 58.2 Å². The van der Waals surface area contributed by atoms with Gasteiger partial charge in [0.15, 0.2) is 0 Å². The van der Waals surface area contributed by atoms with Crippen LogP contribution >= 0.6 is 0 Å². The Labute approximate surface area is 116 Å². The summed E-state index contributed by atoms with van der Waals surface area (Å²) < 4.78 is 5.68. The molecular formula is C15H28N2O2. The standard InChI is InChI=1S/C15H28N2O2/c1-11-9-17(10-12(2)19-11)15(18)7-13-3-5-14(8-16)6-4-13/h11-14H,3-10,16H2,1-2H3/t11-,12+,13?,14?. The molecule has 2 atom stereocenters. The Morgan fingerprint density at radius 1 is 1.11 bits per heavy atom. The monoisotopic (exact) mass is 268 g/mol. The third-order valence-electron chi connectivity index (χ3n) is 4.54. The molecular weight excluding hydrogens is 240 g/mol. The summed E-state index contributed by atoms with van der Waals surface area (Å²) >= 11 is 0. The van der Waals surface area contributed by atoms with Crippen LogP contribution in [0.5, 0.6) is 0 Å². The van der Waals surface area contributed by atoms with Crippen LogP contribution in [0.25, 0.3) is 0 Å². The molecule has 2 rings (SSSR count). The van der Waals surface area contributed by atoms with Crippen molar-refractivity contribution in [1.82, 2.24) is 4.90 Å². The van der Waals surface area contributed by atoms with Crippen LogP contribution in [-0.4, -0.2) is 42.6 Å². The first-order valence-electron chi connectivity index (χ1n) is 7.71. The van der Waals surface area contributed by atoms with Crippen LogP contribution in [0.4, 0.5) is 0 Å². The number of ether oxygens (including phenoxy) is 1. The summed E-state index contributed by atoms with van der Waals surface area (Å²) in [5, 5.41) is 0. The lowest BCUT2D eigenvalue weighted by Crippen LogP contribution is -2.48. The lowest BCUT2D eigenvalue weighted by molar-refractivity contribution is -0.144. The number of morpholine rings is 1. The van der Waals surface area contributed by atoms with E-state index in [1.165, 1.54) is 25.7 Å². The first kappa shape index (κ1) is 14.8. The van der Waals surface area contributed by atoms with Crippen molar-refractivity contribution >= 4 is 5.91 Å².